The number of hydrogen-bond acceptors (Lipinski definition) is 2. The van der Waals surface area contributed by atoms with E-state index in [1.807, 2.05) is 37.4 Å². The minimum Gasteiger partial charge on any atom is -0.370 e. The third-order valence-corrected chi connectivity index (χ3v) is 2.34. The van der Waals surface area contributed by atoms with Gasteiger partial charge in [0.05, 0.1) is 6.54 Å². The van der Waals surface area contributed by atoms with Crippen molar-refractivity contribution in [1.82, 2.24) is 5.32 Å². The van der Waals surface area contributed by atoms with E-state index in [1.165, 1.54) is 0 Å². The van der Waals surface area contributed by atoms with Crippen LogP contribution in [0.25, 0.3) is 0 Å². The van der Waals surface area contributed by atoms with Gasteiger partial charge in [0.25, 0.3) is 6.43 Å². The first-order valence-corrected chi connectivity index (χ1v) is 6.07. The van der Waals surface area contributed by atoms with Crippen molar-refractivity contribution in [3.63, 3.8) is 0 Å². The maximum Gasteiger partial charge on any atom is 0.255 e. The highest BCUT2D eigenvalue weighted by Gasteiger charge is 2.05. The van der Waals surface area contributed by atoms with E-state index < -0.39 is 18.9 Å². The van der Waals surface area contributed by atoms with Gasteiger partial charge >= 0.3 is 0 Å². The Bertz CT molecular complexity index is 483. The summed E-state index contributed by atoms with van der Waals surface area (Å²) in [6.07, 6.45) is -2.58. The molecule has 0 saturated heterocycles. The molecule has 20 heavy (non-hydrogen) atoms. The number of benzene rings is 1. The lowest BCUT2D eigenvalue weighted by atomic mass is 10.1. The summed E-state index contributed by atoms with van der Waals surface area (Å²) in [4.78, 5) is 15.0. The van der Waals surface area contributed by atoms with Crippen LogP contribution in [0.1, 0.15) is 11.1 Å². The average Bonchev–Trinajstić information content (AvgIpc) is 2.32. The van der Waals surface area contributed by atoms with Gasteiger partial charge in [-0.25, -0.2) is 13.8 Å². The number of guanidine groups is 1. The predicted octanol–water partition coefficient (Wildman–Crippen LogP) is 1.41. The quantitative estimate of drug-likeness (QED) is 0.565. The number of alkyl halides is 2. The molecule has 0 atom stereocenters. The Balaban J connectivity index is 2.51. The molecule has 0 saturated carbocycles. The summed E-state index contributed by atoms with van der Waals surface area (Å²) in [5.74, 6) is -0.544. The third-order valence-electron chi connectivity index (χ3n) is 2.34. The summed E-state index contributed by atoms with van der Waals surface area (Å²) in [6.45, 7) is 2.92. The van der Waals surface area contributed by atoms with Gasteiger partial charge in [-0.05, 0) is 37.1 Å². The number of anilines is 1. The van der Waals surface area contributed by atoms with Crippen LogP contribution < -0.4 is 16.4 Å². The van der Waals surface area contributed by atoms with Gasteiger partial charge in [-0.3, -0.25) is 4.79 Å². The Morgan fingerprint density at radius 3 is 2.45 bits per heavy atom. The molecule has 0 spiro atoms. The first-order valence-electron chi connectivity index (χ1n) is 6.07. The Morgan fingerprint density at radius 2 is 1.90 bits per heavy atom. The molecule has 4 N–H and O–H groups in total. The maximum atomic E-state index is 11.9. The van der Waals surface area contributed by atoms with Crippen molar-refractivity contribution < 1.29 is 13.6 Å². The fraction of sp³-hybridized carbons (Fsp3) is 0.385. The minimum atomic E-state index is -2.58. The number of hydrogen-bond donors (Lipinski definition) is 3. The van der Waals surface area contributed by atoms with Crippen LogP contribution in [0, 0.1) is 13.8 Å². The van der Waals surface area contributed by atoms with Gasteiger partial charge in [-0.1, -0.05) is 6.07 Å². The van der Waals surface area contributed by atoms with E-state index in [0.29, 0.717) is 0 Å². The molecule has 0 heterocycles. The smallest absolute Gasteiger partial charge is 0.255 e. The van der Waals surface area contributed by atoms with Gasteiger partial charge in [-0.15, -0.1) is 0 Å². The van der Waals surface area contributed by atoms with Crippen molar-refractivity contribution in [1.29, 1.82) is 0 Å². The number of nitrogens with one attached hydrogen (secondary N) is 2. The summed E-state index contributed by atoms with van der Waals surface area (Å²) >= 11 is 0. The molecule has 0 aliphatic heterocycles. The van der Waals surface area contributed by atoms with Crippen LogP contribution in [-0.4, -0.2) is 31.4 Å². The van der Waals surface area contributed by atoms with Crippen LogP contribution in [0.4, 0.5) is 14.5 Å². The molecular weight excluding hydrogens is 266 g/mol. The standard InChI is InChI=1S/C13H18F2N4O/c1-8-3-9(2)5-10(4-8)19-13(16)18-7-12(20)17-6-11(14)15/h3-5,11H,6-7H2,1-2H3,(H,17,20)(H3,16,18,19). The number of carbonyl (C=O) groups is 1. The summed E-state index contributed by atoms with van der Waals surface area (Å²) in [5.41, 5.74) is 8.51. The summed E-state index contributed by atoms with van der Waals surface area (Å²) < 4.78 is 23.7. The molecule has 1 rings (SSSR count). The molecule has 5 nitrogen and oxygen atoms in total. The van der Waals surface area contributed by atoms with E-state index in [0.717, 1.165) is 16.8 Å². The molecule has 0 aliphatic carbocycles. The van der Waals surface area contributed by atoms with Gasteiger partial charge in [0.2, 0.25) is 5.91 Å². The first kappa shape index (κ1) is 15.9. The second-order valence-corrected chi connectivity index (χ2v) is 4.40. The van der Waals surface area contributed by atoms with Crippen LogP contribution in [-0.2, 0) is 4.79 Å². The molecule has 0 aromatic heterocycles. The maximum absolute atomic E-state index is 11.9. The second-order valence-electron chi connectivity index (χ2n) is 4.40. The molecule has 0 radical (unpaired) electrons. The number of carbonyl (C=O) groups excluding carboxylic acids is 1. The summed E-state index contributed by atoms with van der Waals surface area (Å²) in [6, 6.07) is 5.77. The minimum absolute atomic E-state index is 0.0576. The highest BCUT2D eigenvalue weighted by molar-refractivity contribution is 5.94. The number of nitrogens with zero attached hydrogens (tertiary/aromatic N) is 1. The number of amides is 1. The van der Waals surface area contributed by atoms with Crippen molar-refractivity contribution >= 4 is 17.6 Å². The third kappa shape index (κ3) is 6.12. The predicted molar refractivity (Wildman–Crippen MR) is 75.0 cm³/mol. The van der Waals surface area contributed by atoms with Crippen LogP contribution in [0.3, 0.4) is 0 Å². The lowest BCUT2D eigenvalue weighted by molar-refractivity contribution is -0.120. The fourth-order valence-corrected chi connectivity index (χ4v) is 1.64. The topological polar surface area (TPSA) is 79.5 Å². The van der Waals surface area contributed by atoms with Crippen molar-refractivity contribution in [2.45, 2.75) is 20.3 Å². The number of nitrogens with two attached hydrogens (primary N) is 1. The van der Waals surface area contributed by atoms with Crippen LogP contribution >= 0.6 is 0 Å². The van der Waals surface area contributed by atoms with E-state index in [4.69, 9.17) is 5.73 Å². The molecule has 1 aromatic carbocycles. The number of rotatable bonds is 5. The van der Waals surface area contributed by atoms with Gasteiger partial charge < -0.3 is 16.4 Å². The lowest BCUT2D eigenvalue weighted by Crippen LogP contribution is -2.32. The zero-order valence-electron chi connectivity index (χ0n) is 11.4. The number of halogens is 2. The Morgan fingerprint density at radius 1 is 1.30 bits per heavy atom. The van der Waals surface area contributed by atoms with E-state index >= 15 is 0 Å². The van der Waals surface area contributed by atoms with Crippen molar-refractivity contribution in [2.24, 2.45) is 10.7 Å². The van der Waals surface area contributed by atoms with Gasteiger partial charge in [0.15, 0.2) is 5.96 Å². The van der Waals surface area contributed by atoms with Crippen LogP contribution in [0.2, 0.25) is 0 Å². The monoisotopic (exact) mass is 284 g/mol. The van der Waals surface area contributed by atoms with Crippen molar-refractivity contribution in [3.8, 4) is 0 Å². The van der Waals surface area contributed by atoms with Gasteiger partial charge in [0, 0.05) is 5.69 Å². The molecular formula is C13H18F2N4O. The molecule has 0 aliphatic rings. The average molecular weight is 284 g/mol. The summed E-state index contributed by atoms with van der Waals surface area (Å²) in [5, 5.41) is 4.88. The van der Waals surface area contributed by atoms with Crippen molar-refractivity contribution in [3.05, 3.63) is 29.3 Å². The largest absolute Gasteiger partial charge is 0.370 e. The molecule has 1 amide bonds. The van der Waals surface area contributed by atoms with Crippen molar-refractivity contribution in [2.75, 3.05) is 18.4 Å². The Kier molecular flexibility index (Phi) is 5.89. The zero-order valence-corrected chi connectivity index (χ0v) is 11.4. The highest BCUT2D eigenvalue weighted by Crippen LogP contribution is 2.13. The molecule has 7 heteroatoms. The number of aliphatic imine (C=N–C) groups is 1. The fourth-order valence-electron chi connectivity index (χ4n) is 1.64. The molecule has 0 bridgehead atoms. The lowest BCUT2D eigenvalue weighted by Gasteiger charge is -2.08. The summed E-state index contributed by atoms with van der Waals surface area (Å²) in [7, 11) is 0. The van der Waals surface area contributed by atoms with Crippen LogP contribution in [0.5, 0.6) is 0 Å². The SMILES string of the molecule is Cc1cc(C)cc(NC(N)=NCC(=O)NCC(F)F)c1. The van der Waals surface area contributed by atoms with Gasteiger partial charge in [-0.2, -0.15) is 0 Å². The van der Waals surface area contributed by atoms with Crippen LogP contribution in [0.15, 0.2) is 23.2 Å². The van der Waals surface area contributed by atoms with E-state index in [-0.39, 0.29) is 12.5 Å². The molecule has 0 unspecified atom stereocenters. The van der Waals surface area contributed by atoms with E-state index in [2.05, 4.69) is 10.3 Å². The Labute approximate surface area is 116 Å². The van der Waals surface area contributed by atoms with E-state index in [9.17, 15) is 13.6 Å². The normalized spacial score (nSPS) is 11.6. The molecule has 1 aromatic rings. The molecule has 0 fully saturated rings. The van der Waals surface area contributed by atoms with Gasteiger partial charge in [0.1, 0.15) is 6.54 Å². The number of aryl methyl sites for hydroxylation is 2. The second kappa shape index (κ2) is 7.42. The van der Waals surface area contributed by atoms with E-state index in [1.54, 1.807) is 0 Å². The Hall–Kier alpha value is -2.18. The first-order chi connectivity index (χ1) is 9.36. The zero-order chi connectivity index (χ0) is 15.1. The highest BCUT2D eigenvalue weighted by atomic mass is 19.3. The molecule has 110 valence electrons.